The van der Waals surface area contributed by atoms with Crippen molar-refractivity contribution in [3.63, 3.8) is 0 Å². The second kappa shape index (κ2) is 9.92. The maximum Gasteiger partial charge on any atom is 0.340 e. The zero-order valence-corrected chi connectivity index (χ0v) is 18.0. The van der Waals surface area contributed by atoms with E-state index in [2.05, 4.69) is 12.2 Å². The van der Waals surface area contributed by atoms with Crippen molar-refractivity contribution in [3.05, 3.63) is 23.3 Å². The summed E-state index contributed by atoms with van der Waals surface area (Å²) in [4.78, 5) is 25.7. The Bertz CT molecular complexity index is 694. The van der Waals surface area contributed by atoms with E-state index >= 15 is 0 Å². The molecule has 1 aromatic carbocycles. The van der Waals surface area contributed by atoms with Crippen LogP contribution in [0.3, 0.4) is 0 Å². The minimum atomic E-state index is -0.457. The van der Waals surface area contributed by atoms with Crippen LogP contribution in [0.15, 0.2) is 12.1 Å². The fourth-order valence-corrected chi connectivity index (χ4v) is 4.18. The molecule has 2 rings (SSSR count). The molecule has 1 aliphatic rings. The molecule has 1 heterocycles. The number of nitrogens with zero attached hydrogens (tertiary/aromatic N) is 1. The molecule has 1 aliphatic heterocycles. The van der Waals surface area contributed by atoms with E-state index in [1.807, 2.05) is 19.9 Å². The van der Waals surface area contributed by atoms with Crippen LogP contribution in [0, 0.1) is 6.92 Å². The highest BCUT2D eigenvalue weighted by molar-refractivity contribution is 6.03. The first-order chi connectivity index (χ1) is 13.4. The van der Waals surface area contributed by atoms with Gasteiger partial charge in [-0.2, -0.15) is 0 Å². The van der Waals surface area contributed by atoms with Gasteiger partial charge in [0.25, 0.3) is 5.91 Å². The molecule has 0 aliphatic carbocycles. The van der Waals surface area contributed by atoms with Crippen LogP contribution in [-0.4, -0.2) is 55.8 Å². The Morgan fingerprint density at radius 1 is 1.14 bits per heavy atom. The van der Waals surface area contributed by atoms with Gasteiger partial charge in [-0.15, -0.1) is 0 Å². The lowest BCUT2D eigenvalue weighted by Crippen LogP contribution is -2.59. The quantitative estimate of drug-likeness (QED) is 0.565. The third kappa shape index (κ3) is 4.85. The molecule has 1 amide bonds. The number of aryl methyl sites for hydroxylation is 1. The number of rotatable bonds is 7. The number of benzene rings is 1. The molecule has 1 atom stereocenters. The maximum absolute atomic E-state index is 13.2. The summed E-state index contributed by atoms with van der Waals surface area (Å²) in [5.74, 6) is 0.0559. The normalized spacial score (nSPS) is 17.3. The van der Waals surface area contributed by atoms with E-state index in [0.29, 0.717) is 17.0 Å². The molecule has 0 bridgehead atoms. The number of hydrogen-bond acceptors (Lipinski definition) is 4. The van der Waals surface area contributed by atoms with E-state index in [0.717, 1.165) is 42.5 Å². The van der Waals surface area contributed by atoms with Crippen molar-refractivity contribution < 1.29 is 23.5 Å². The number of ether oxygens (including phenoxy) is 2. The summed E-state index contributed by atoms with van der Waals surface area (Å²) >= 11 is 0. The molecular weight excluding hydrogens is 356 g/mol. The Kier molecular flexibility index (Phi) is 7.87. The van der Waals surface area contributed by atoms with Gasteiger partial charge in [0.1, 0.15) is 5.75 Å². The first-order valence-electron chi connectivity index (χ1n) is 10.4. The average Bonchev–Trinajstić information content (AvgIpc) is 2.95. The molecule has 1 fully saturated rings. The van der Waals surface area contributed by atoms with Gasteiger partial charge in [0.05, 0.1) is 44.6 Å². The van der Waals surface area contributed by atoms with E-state index in [4.69, 9.17) is 9.47 Å². The number of hydrogen-bond donors (Lipinski definition) is 1. The third-order valence-electron chi connectivity index (χ3n) is 6.08. The zero-order chi connectivity index (χ0) is 20.7. The van der Waals surface area contributed by atoms with E-state index < -0.39 is 5.97 Å². The molecule has 1 saturated heterocycles. The van der Waals surface area contributed by atoms with Gasteiger partial charge in [-0.3, -0.25) is 4.79 Å². The highest BCUT2D eigenvalue weighted by atomic mass is 16.5. The highest BCUT2D eigenvalue weighted by Gasteiger charge is 2.38. The molecule has 1 N–H and O–H groups in total. The minimum Gasteiger partial charge on any atom is -0.497 e. The number of quaternary nitrogens is 1. The van der Waals surface area contributed by atoms with Crippen molar-refractivity contribution in [2.24, 2.45) is 0 Å². The number of esters is 1. The first kappa shape index (κ1) is 22.2. The molecule has 156 valence electrons. The summed E-state index contributed by atoms with van der Waals surface area (Å²) in [7, 11) is 1.55. The highest BCUT2D eigenvalue weighted by Crippen LogP contribution is 2.29. The van der Waals surface area contributed by atoms with E-state index in [9.17, 15) is 9.59 Å². The SMILES string of the molecule is CCOC(=O)c1cc(OC)cc(C)c1NC(=O)C(C)[N+]1(CC)CCCCCC1. The number of nitrogens with one attached hydrogen (secondary N) is 1. The Balaban J connectivity index is 2.32. The van der Waals surface area contributed by atoms with Gasteiger partial charge in [-0.05, 0) is 71.1 Å². The number of carbonyl (C=O) groups excluding carboxylic acids is 2. The zero-order valence-electron chi connectivity index (χ0n) is 18.0. The van der Waals surface area contributed by atoms with Gasteiger partial charge >= 0.3 is 5.97 Å². The number of methoxy groups -OCH3 is 1. The van der Waals surface area contributed by atoms with Gasteiger partial charge in [0.2, 0.25) is 0 Å². The molecule has 6 nitrogen and oxygen atoms in total. The molecule has 0 spiro atoms. The molecular formula is C22H35N2O4+. The lowest BCUT2D eigenvalue weighted by molar-refractivity contribution is -0.938. The fraction of sp³-hybridized carbons (Fsp3) is 0.636. The van der Waals surface area contributed by atoms with Crippen LogP contribution in [0.5, 0.6) is 5.75 Å². The maximum atomic E-state index is 13.2. The van der Waals surface area contributed by atoms with Gasteiger partial charge in [-0.1, -0.05) is 0 Å². The van der Waals surface area contributed by atoms with Crippen molar-refractivity contribution in [2.75, 3.05) is 38.7 Å². The molecule has 1 aromatic rings. The van der Waals surface area contributed by atoms with Crippen LogP contribution in [-0.2, 0) is 9.53 Å². The van der Waals surface area contributed by atoms with Gasteiger partial charge < -0.3 is 19.3 Å². The standard InChI is InChI=1S/C22H34N2O4/c1-6-24(12-10-8-9-11-13-24)17(4)21(25)23-20-16(3)14-18(27-5)15-19(20)22(26)28-7-2/h14-15,17H,6-13H2,1-5H3/p+1. The Morgan fingerprint density at radius 3 is 2.32 bits per heavy atom. The van der Waals surface area contributed by atoms with Crippen LogP contribution >= 0.6 is 0 Å². The molecule has 6 heteroatoms. The molecule has 28 heavy (non-hydrogen) atoms. The molecule has 0 saturated carbocycles. The summed E-state index contributed by atoms with van der Waals surface area (Å²) in [6.07, 6.45) is 4.78. The van der Waals surface area contributed by atoms with Gasteiger partial charge in [0, 0.05) is 0 Å². The Hall–Kier alpha value is -2.08. The topological polar surface area (TPSA) is 64.6 Å². The molecule has 1 unspecified atom stereocenters. The number of carbonyl (C=O) groups is 2. The first-order valence-corrected chi connectivity index (χ1v) is 10.4. The van der Waals surface area contributed by atoms with E-state index in [1.54, 1.807) is 20.1 Å². The lowest BCUT2D eigenvalue weighted by atomic mass is 10.1. The summed E-state index contributed by atoms with van der Waals surface area (Å²) in [5, 5.41) is 3.04. The molecule has 0 radical (unpaired) electrons. The predicted octanol–water partition coefficient (Wildman–Crippen LogP) is 3.92. The third-order valence-corrected chi connectivity index (χ3v) is 6.08. The average molecular weight is 392 g/mol. The number of anilines is 1. The second-order valence-electron chi connectivity index (χ2n) is 7.65. The summed E-state index contributed by atoms with van der Waals surface area (Å²) in [6.45, 7) is 11.1. The fourth-order valence-electron chi connectivity index (χ4n) is 4.18. The van der Waals surface area contributed by atoms with Crippen LogP contribution in [0.1, 0.15) is 62.4 Å². The van der Waals surface area contributed by atoms with Crippen molar-refractivity contribution in [1.29, 1.82) is 0 Å². The smallest absolute Gasteiger partial charge is 0.340 e. The predicted molar refractivity (Wildman–Crippen MR) is 111 cm³/mol. The van der Waals surface area contributed by atoms with Crippen LogP contribution in [0.25, 0.3) is 0 Å². The number of likely N-dealkylation sites (N-methyl/N-ethyl adjacent to an activating group) is 1. The van der Waals surface area contributed by atoms with Gasteiger partial charge in [0.15, 0.2) is 6.04 Å². The lowest BCUT2D eigenvalue weighted by Gasteiger charge is -2.41. The number of amides is 1. The summed E-state index contributed by atoms with van der Waals surface area (Å²) in [5.41, 5.74) is 1.63. The van der Waals surface area contributed by atoms with Crippen molar-refractivity contribution >= 4 is 17.6 Å². The van der Waals surface area contributed by atoms with E-state index in [-0.39, 0.29) is 18.6 Å². The van der Waals surface area contributed by atoms with E-state index in [1.165, 1.54) is 12.8 Å². The van der Waals surface area contributed by atoms with Crippen molar-refractivity contribution in [1.82, 2.24) is 0 Å². The van der Waals surface area contributed by atoms with Crippen LogP contribution < -0.4 is 10.1 Å². The molecule has 0 aromatic heterocycles. The van der Waals surface area contributed by atoms with Crippen molar-refractivity contribution in [2.45, 2.75) is 59.4 Å². The largest absolute Gasteiger partial charge is 0.497 e. The van der Waals surface area contributed by atoms with Crippen LogP contribution in [0.2, 0.25) is 0 Å². The summed E-state index contributed by atoms with van der Waals surface area (Å²) in [6, 6.07) is 3.26. The Labute approximate surface area is 168 Å². The second-order valence-corrected chi connectivity index (χ2v) is 7.65. The minimum absolute atomic E-state index is 0.0532. The van der Waals surface area contributed by atoms with Gasteiger partial charge in [-0.25, -0.2) is 4.79 Å². The Morgan fingerprint density at radius 2 is 1.79 bits per heavy atom. The summed E-state index contributed by atoms with van der Waals surface area (Å²) < 4.78 is 11.3. The van der Waals surface area contributed by atoms with Crippen LogP contribution in [0.4, 0.5) is 5.69 Å². The monoisotopic (exact) mass is 391 g/mol. The van der Waals surface area contributed by atoms with Crippen molar-refractivity contribution in [3.8, 4) is 5.75 Å². The number of likely N-dealkylation sites (tertiary alicyclic amines) is 1.